The van der Waals surface area contributed by atoms with Gasteiger partial charge in [-0.15, -0.1) is 10.2 Å². The SMILES string of the molecule is COc1ccc(Cc2nn3c(-c4ccsc4)nnc3s2)cc1. The molecule has 4 rings (SSSR count). The molecule has 110 valence electrons. The van der Waals surface area contributed by atoms with Crippen molar-refractivity contribution in [3.8, 4) is 17.1 Å². The minimum Gasteiger partial charge on any atom is -0.497 e. The molecule has 0 N–H and O–H groups in total. The Hall–Kier alpha value is -2.25. The third-order valence-corrected chi connectivity index (χ3v) is 4.91. The predicted molar refractivity (Wildman–Crippen MR) is 87.8 cm³/mol. The Balaban J connectivity index is 1.65. The van der Waals surface area contributed by atoms with Crippen LogP contribution in [0.5, 0.6) is 5.75 Å². The van der Waals surface area contributed by atoms with Gasteiger partial charge in [-0.25, -0.2) is 0 Å². The molecule has 5 nitrogen and oxygen atoms in total. The summed E-state index contributed by atoms with van der Waals surface area (Å²) in [7, 11) is 1.67. The molecule has 1 aromatic carbocycles. The van der Waals surface area contributed by atoms with Crippen LogP contribution in [0.2, 0.25) is 0 Å². The summed E-state index contributed by atoms with van der Waals surface area (Å²) in [5.74, 6) is 1.66. The van der Waals surface area contributed by atoms with Crippen molar-refractivity contribution in [1.29, 1.82) is 0 Å². The first-order chi connectivity index (χ1) is 10.8. The summed E-state index contributed by atoms with van der Waals surface area (Å²) in [4.78, 5) is 0.824. The van der Waals surface area contributed by atoms with Crippen LogP contribution in [-0.2, 0) is 6.42 Å². The van der Waals surface area contributed by atoms with Crippen molar-refractivity contribution in [2.45, 2.75) is 6.42 Å². The highest BCUT2D eigenvalue weighted by Crippen LogP contribution is 2.24. The number of nitrogens with zero attached hydrogens (tertiary/aromatic N) is 4. The number of fused-ring (bicyclic) bond motifs is 1. The number of rotatable bonds is 4. The van der Waals surface area contributed by atoms with Crippen LogP contribution < -0.4 is 4.74 Å². The van der Waals surface area contributed by atoms with Gasteiger partial charge in [-0.3, -0.25) is 0 Å². The molecule has 3 aromatic heterocycles. The van der Waals surface area contributed by atoms with Gasteiger partial charge in [0.25, 0.3) is 0 Å². The van der Waals surface area contributed by atoms with E-state index in [9.17, 15) is 0 Å². The molecule has 0 aliphatic heterocycles. The number of benzene rings is 1. The van der Waals surface area contributed by atoms with E-state index in [2.05, 4.69) is 32.8 Å². The van der Waals surface area contributed by atoms with Crippen LogP contribution in [0.15, 0.2) is 41.1 Å². The van der Waals surface area contributed by atoms with Crippen LogP contribution >= 0.6 is 22.7 Å². The monoisotopic (exact) mass is 328 g/mol. The molecule has 0 aliphatic rings. The van der Waals surface area contributed by atoms with E-state index in [0.717, 1.165) is 33.5 Å². The zero-order chi connectivity index (χ0) is 14.9. The predicted octanol–water partition coefficient (Wildman–Crippen LogP) is 3.51. The fourth-order valence-corrected chi connectivity index (χ4v) is 3.72. The van der Waals surface area contributed by atoms with Gasteiger partial charge in [-0.2, -0.15) is 21.0 Å². The summed E-state index contributed by atoms with van der Waals surface area (Å²) < 4.78 is 7.00. The third-order valence-electron chi connectivity index (χ3n) is 3.33. The van der Waals surface area contributed by atoms with Crippen molar-refractivity contribution in [2.24, 2.45) is 0 Å². The maximum Gasteiger partial charge on any atom is 0.234 e. The summed E-state index contributed by atoms with van der Waals surface area (Å²) in [5, 5.41) is 18.2. The Morgan fingerprint density at radius 1 is 1.14 bits per heavy atom. The molecule has 22 heavy (non-hydrogen) atoms. The van der Waals surface area contributed by atoms with Crippen molar-refractivity contribution in [2.75, 3.05) is 7.11 Å². The Labute approximate surface area is 134 Å². The van der Waals surface area contributed by atoms with Gasteiger partial charge in [0.1, 0.15) is 10.8 Å². The van der Waals surface area contributed by atoms with Crippen LogP contribution in [0.4, 0.5) is 0 Å². The van der Waals surface area contributed by atoms with Gasteiger partial charge >= 0.3 is 0 Å². The number of thiophene rings is 1. The molecule has 7 heteroatoms. The van der Waals surface area contributed by atoms with Gasteiger partial charge in [-0.1, -0.05) is 23.5 Å². The number of aromatic nitrogens is 4. The van der Waals surface area contributed by atoms with E-state index in [1.807, 2.05) is 28.1 Å². The second-order valence-corrected chi connectivity index (χ2v) is 6.57. The van der Waals surface area contributed by atoms with Crippen LogP contribution in [0.3, 0.4) is 0 Å². The van der Waals surface area contributed by atoms with E-state index in [-0.39, 0.29) is 0 Å². The molecule has 0 radical (unpaired) electrons. The lowest BCUT2D eigenvalue weighted by Crippen LogP contribution is -1.93. The van der Waals surface area contributed by atoms with Crippen LogP contribution in [0.1, 0.15) is 10.6 Å². The van der Waals surface area contributed by atoms with Crippen molar-refractivity contribution < 1.29 is 4.74 Å². The van der Waals surface area contributed by atoms with Crippen molar-refractivity contribution in [3.63, 3.8) is 0 Å². The third kappa shape index (κ3) is 2.38. The molecule has 0 bridgehead atoms. The number of methoxy groups -OCH3 is 1. The van der Waals surface area contributed by atoms with E-state index >= 15 is 0 Å². The van der Waals surface area contributed by atoms with Crippen LogP contribution in [0, 0.1) is 0 Å². The minimum absolute atomic E-state index is 0.779. The van der Waals surface area contributed by atoms with Crippen LogP contribution in [-0.4, -0.2) is 26.9 Å². The Morgan fingerprint density at radius 3 is 2.73 bits per heavy atom. The first-order valence-corrected chi connectivity index (χ1v) is 8.46. The quantitative estimate of drug-likeness (QED) is 0.575. The highest BCUT2D eigenvalue weighted by molar-refractivity contribution is 7.16. The molecular weight excluding hydrogens is 316 g/mol. The molecular formula is C15H12N4OS2. The molecule has 0 saturated heterocycles. The molecule has 4 aromatic rings. The maximum atomic E-state index is 5.18. The Kier molecular flexibility index (Phi) is 3.36. The largest absolute Gasteiger partial charge is 0.497 e. The van der Waals surface area contributed by atoms with Crippen LogP contribution in [0.25, 0.3) is 16.3 Å². The highest BCUT2D eigenvalue weighted by atomic mass is 32.1. The molecule has 0 fully saturated rings. The topological polar surface area (TPSA) is 52.3 Å². The van der Waals surface area contributed by atoms with Gasteiger partial charge in [0.2, 0.25) is 4.96 Å². The normalized spacial score (nSPS) is 11.1. The average Bonchev–Trinajstić information content (AvgIpc) is 3.24. The molecule has 0 unspecified atom stereocenters. The fraction of sp³-hybridized carbons (Fsp3) is 0.133. The summed E-state index contributed by atoms with van der Waals surface area (Å²) in [6, 6.07) is 10.1. The molecule has 0 atom stereocenters. The average molecular weight is 328 g/mol. The minimum atomic E-state index is 0.779. The lowest BCUT2D eigenvalue weighted by atomic mass is 10.1. The van der Waals surface area contributed by atoms with Gasteiger partial charge in [-0.05, 0) is 29.1 Å². The van der Waals surface area contributed by atoms with E-state index in [1.54, 1.807) is 29.8 Å². The van der Waals surface area contributed by atoms with E-state index < -0.39 is 0 Å². The smallest absolute Gasteiger partial charge is 0.234 e. The Morgan fingerprint density at radius 2 is 2.00 bits per heavy atom. The van der Waals surface area contributed by atoms with Crippen molar-refractivity contribution >= 4 is 27.6 Å². The maximum absolute atomic E-state index is 5.18. The van der Waals surface area contributed by atoms with Gasteiger partial charge in [0.15, 0.2) is 5.82 Å². The lowest BCUT2D eigenvalue weighted by molar-refractivity contribution is 0.414. The summed E-state index contributed by atoms with van der Waals surface area (Å²) in [6.07, 6.45) is 0.779. The molecule has 3 heterocycles. The second kappa shape index (κ2) is 5.51. The van der Waals surface area contributed by atoms with Gasteiger partial charge < -0.3 is 4.74 Å². The van der Waals surface area contributed by atoms with Crippen molar-refractivity contribution in [3.05, 3.63) is 51.7 Å². The van der Waals surface area contributed by atoms with Gasteiger partial charge in [0.05, 0.1) is 7.11 Å². The zero-order valence-corrected chi connectivity index (χ0v) is 13.4. The fourth-order valence-electron chi connectivity index (χ4n) is 2.22. The standard InChI is InChI=1S/C15H12N4OS2/c1-20-12-4-2-10(3-5-12)8-13-18-19-14(11-6-7-21-9-11)16-17-15(19)22-13/h2-7,9H,8H2,1H3. The highest BCUT2D eigenvalue weighted by Gasteiger charge is 2.13. The molecule has 0 saturated carbocycles. The number of ether oxygens (including phenoxy) is 1. The first-order valence-electron chi connectivity index (χ1n) is 6.70. The Bertz CT molecular complexity index is 894. The second-order valence-electron chi connectivity index (χ2n) is 4.75. The number of hydrogen-bond acceptors (Lipinski definition) is 6. The van der Waals surface area contributed by atoms with E-state index in [4.69, 9.17) is 4.74 Å². The summed E-state index contributed by atoms with van der Waals surface area (Å²) in [5.41, 5.74) is 2.25. The van der Waals surface area contributed by atoms with E-state index in [1.165, 1.54) is 5.56 Å². The molecule has 0 aliphatic carbocycles. The van der Waals surface area contributed by atoms with Crippen molar-refractivity contribution in [1.82, 2.24) is 19.8 Å². The first kappa shape index (κ1) is 13.4. The van der Waals surface area contributed by atoms with E-state index in [0.29, 0.717) is 0 Å². The van der Waals surface area contributed by atoms with Gasteiger partial charge in [0, 0.05) is 17.4 Å². The zero-order valence-electron chi connectivity index (χ0n) is 11.8. The number of hydrogen-bond donors (Lipinski definition) is 0. The summed E-state index contributed by atoms with van der Waals surface area (Å²) in [6.45, 7) is 0. The lowest BCUT2D eigenvalue weighted by Gasteiger charge is -2.01. The summed E-state index contributed by atoms with van der Waals surface area (Å²) >= 11 is 3.21. The molecule has 0 amide bonds. The molecule has 0 spiro atoms.